The van der Waals surface area contributed by atoms with Crippen molar-refractivity contribution in [2.75, 3.05) is 0 Å². The molecule has 0 saturated carbocycles. The van der Waals surface area contributed by atoms with Crippen molar-refractivity contribution in [3.63, 3.8) is 0 Å². The van der Waals surface area contributed by atoms with Crippen molar-refractivity contribution in [1.82, 2.24) is 9.13 Å². The van der Waals surface area contributed by atoms with E-state index in [9.17, 15) is 10.5 Å². The molecule has 0 fully saturated rings. The number of benzene rings is 4. The summed E-state index contributed by atoms with van der Waals surface area (Å²) >= 11 is 0. The Morgan fingerprint density at radius 1 is 0.533 bits per heavy atom. The van der Waals surface area contributed by atoms with Crippen LogP contribution in [0.4, 0.5) is 0 Å². The summed E-state index contributed by atoms with van der Waals surface area (Å²) in [6.45, 7) is 0. The molecule has 4 nitrogen and oxygen atoms in total. The van der Waals surface area contributed by atoms with Gasteiger partial charge >= 0.3 is 0 Å². The average molecular weight is 384 g/mol. The van der Waals surface area contributed by atoms with Crippen LogP contribution in [0.2, 0.25) is 0 Å². The molecule has 0 aliphatic carbocycles. The molecule has 0 spiro atoms. The molecule has 2 heterocycles. The second-order valence-electron chi connectivity index (χ2n) is 7.82. The van der Waals surface area contributed by atoms with E-state index in [0.717, 1.165) is 32.6 Å². The van der Waals surface area contributed by atoms with Crippen LogP contribution in [0.3, 0.4) is 0 Å². The van der Waals surface area contributed by atoms with Crippen molar-refractivity contribution in [1.29, 1.82) is 10.5 Å². The van der Waals surface area contributed by atoms with Gasteiger partial charge in [-0.25, -0.2) is 0 Å². The molecular formula is C26H16N4. The first-order valence-corrected chi connectivity index (χ1v) is 9.78. The number of hydrogen-bond acceptors (Lipinski definition) is 2. The van der Waals surface area contributed by atoms with Crippen LogP contribution in [0.25, 0.3) is 54.1 Å². The summed E-state index contributed by atoms with van der Waals surface area (Å²) in [5, 5.41) is 28.0. The van der Waals surface area contributed by atoms with E-state index in [1.807, 2.05) is 35.4 Å². The summed E-state index contributed by atoms with van der Waals surface area (Å²) in [6, 6.07) is 25.6. The molecule has 0 saturated heterocycles. The van der Waals surface area contributed by atoms with Crippen molar-refractivity contribution < 1.29 is 0 Å². The Morgan fingerprint density at radius 3 is 1.27 bits per heavy atom. The predicted molar refractivity (Wildman–Crippen MR) is 121 cm³/mol. The molecule has 0 radical (unpaired) electrons. The first kappa shape index (κ1) is 16.7. The Hall–Kier alpha value is -4.28. The maximum atomic E-state index is 9.42. The van der Waals surface area contributed by atoms with Gasteiger partial charge in [-0.1, -0.05) is 48.5 Å². The second-order valence-corrected chi connectivity index (χ2v) is 7.82. The molecule has 30 heavy (non-hydrogen) atoms. The minimum absolute atomic E-state index is 0.663. The Morgan fingerprint density at radius 2 is 0.867 bits per heavy atom. The Kier molecular flexibility index (Phi) is 3.12. The molecule has 6 aromatic rings. The fourth-order valence-electron chi connectivity index (χ4n) is 4.96. The molecule has 2 aromatic heterocycles. The van der Waals surface area contributed by atoms with Gasteiger partial charge in [0.2, 0.25) is 0 Å². The predicted octanol–water partition coefficient (Wildman–Crippen LogP) is 5.87. The third-order valence-corrected chi connectivity index (χ3v) is 6.41. The van der Waals surface area contributed by atoms with Crippen molar-refractivity contribution in [2.45, 2.75) is 0 Å². The van der Waals surface area contributed by atoms with E-state index < -0.39 is 0 Å². The largest absolute Gasteiger partial charge is 0.335 e. The van der Waals surface area contributed by atoms with Gasteiger partial charge in [-0.15, -0.1) is 0 Å². The second kappa shape index (κ2) is 5.63. The van der Waals surface area contributed by atoms with Crippen LogP contribution in [0.5, 0.6) is 0 Å². The molecule has 0 aliphatic rings. The van der Waals surface area contributed by atoms with Crippen molar-refractivity contribution in [3.8, 4) is 12.1 Å². The lowest BCUT2D eigenvalue weighted by atomic mass is 9.95. The van der Waals surface area contributed by atoms with E-state index in [2.05, 4.69) is 60.7 Å². The van der Waals surface area contributed by atoms with Gasteiger partial charge in [-0.2, -0.15) is 10.5 Å². The summed E-state index contributed by atoms with van der Waals surface area (Å²) in [5.41, 5.74) is 3.50. The topological polar surface area (TPSA) is 57.4 Å². The van der Waals surface area contributed by atoms with Crippen LogP contribution >= 0.6 is 0 Å². The van der Waals surface area contributed by atoms with Crippen LogP contribution < -0.4 is 0 Å². The van der Waals surface area contributed by atoms with E-state index in [1.165, 1.54) is 21.5 Å². The highest BCUT2D eigenvalue weighted by molar-refractivity contribution is 6.24. The molecular weight excluding hydrogens is 368 g/mol. The van der Waals surface area contributed by atoms with Gasteiger partial charge in [0.1, 0.15) is 23.5 Å². The maximum absolute atomic E-state index is 9.42. The molecule has 4 aromatic carbocycles. The zero-order valence-electron chi connectivity index (χ0n) is 16.6. The normalized spacial score (nSPS) is 11.6. The summed E-state index contributed by atoms with van der Waals surface area (Å²) in [7, 11) is 3.90. The van der Waals surface area contributed by atoms with Gasteiger partial charge in [0.05, 0.1) is 11.0 Å². The minimum atomic E-state index is 0.663. The molecule has 6 rings (SSSR count). The summed E-state index contributed by atoms with van der Waals surface area (Å²) < 4.78 is 3.95. The van der Waals surface area contributed by atoms with Gasteiger partial charge in [-0.05, 0) is 33.7 Å². The number of aromatic nitrogens is 2. The Labute approximate surface area is 172 Å². The number of nitriles is 2. The van der Waals surface area contributed by atoms with E-state index in [-0.39, 0.29) is 0 Å². The lowest BCUT2D eigenvalue weighted by Crippen LogP contribution is -1.93. The van der Waals surface area contributed by atoms with Crippen LogP contribution in [-0.4, -0.2) is 9.13 Å². The first-order valence-electron chi connectivity index (χ1n) is 9.78. The van der Waals surface area contributed by atoms with E-state index in [4.69, 9.17) is 0 Å². The number of fused-ring (bicyclic) bond motifs is 9. The maximum Gasteiger partial charge on any atom is 0.121 e. The highest BCUT2D eigenvalue weighted by Gasteiger charge is 2.14. The third kappa shape index (κ3) is 1.93. The van der Waals surface area contributed by atoms with Gasteiger partial charge in [0.25, 0.3) is 0 Å². The molecule has 0 unspecified atom stereocenters. The number of aryl methyl sites for hydroxylation is 2. The lowest BCUT2D eigenvalue weighted by Gasteiger charge is -2.11. The highest BCUT2D eigenvalue weighted by atomic mass is 14.9. The zero-order chi connectivity index (χ0) is 20.6. The fraction of sp³-hybridized carbons (Fsp3) is 0.0769. The quantitative estimate of drug-likeness (QED) is 0.307. The minimum Gasteiger partial charge on any atom is -0.335 e. The molecule has 4 heteroatoms. The van der Waals surface area contributed by atoms with Crippen LogP contribution in [-0.2, 0) is 14.1 Å². The zero-order valence-corrected chi connectivity index (χ0v) is 16.6. The van der Waals surface area contributed by atoms with Gasteiger partial charge < -0.3 is 9.13 Å². The van der Waals surface area contributed by atoms with E-state index in [0.29, 0.717) is 11.4 Å². The Balaban J connectivity index is 1.78. The van der Waals surface area contributed by atoms with Gasteiger partial charge in [-0.3, -0.25) is 0 Å². The molecule has 0 atom stereocenters. The Bertz CT molecular complexity index is 1650. The molecule has 0 aliphatic heterocycles. The average Bonchev–Trinajstić information content (AvgIpc) is 3.29. The van der Waals surface area contributed by atoms with Crippen LogP contribution in [0.1, 0.15) is 11.4 Å². The van der Waals surface area contributed by atoms with Gasteiger partial charge in [0, 0.05) is 35.6 Å². The number of rotatable bonds is 0. The standard InChI is InChI=1S/C26H16N4/c1-29-17(13-27)11-15-3-5-21-19-8-10-24-22(20(19)7-9-23(21)25(15)29)6-4-16-12-18(14-28)30(2)26(16)24/h3-12H,1-2H3. The monoisotopic (exact) mass is 384 g/mol. The number of nitrogens with zero attached hydrogens (tertiary/aromatic N) is 4. The van der Waals surface area contributed by atoms with Crippen molar-refractivity contribution in [3.05, 3.63) is 72.1 Å². The van der Waals surface area contributed by atoms with Crippen molar-refractivity contribution in [2.24, 2.45) is 14.1 Å². The van der Waals surface area contributed by atoms with E-state index >= 15 is 0 Å². The number of hydrogen-bond donors (Lipinski definition) is 0. The van der Waals surface area contributed by atoms with Crippen molar-refractivity contribution >= 4 is 54.1 Å². The summed E-state index contributed by atoms with van der Waals surface area (Å²) in [6.07, 6.45) is 0. The summed E-state index contributed by atoms with van der Waals surface area (Å²) in [5.74, 6) is 0. The van der Waals surface area contributed by atoms with E-state index in [1.54, 1.807) is 0 Å². The van der Waals surface area contributed by atoms with Gasteiger partial charge in [0.15, 0.2) is 0 Å². The van der Waals surface area contributed by atoms with Crippen LogP contribution in [0, 0.1) is 22.7 Å². The molecule has 140 valence electrons. The summed E-state index contributed by atoms with van der Waals surface area (Å²) in [4.78, 5) is 0. The van der Waals surface area contributed by atoms with Crippen LogP contribution in [0.15, 0.2) is 60.7 Å². The smallest absolute Gasteiger partial charge is 0.121 e. The molecule has 0 N–H and O–H groups in total. The molecule has 0 amide bonds. The SMILES string of the molecule is Cn1c(C#N)cc2ccc3c4ccc5c(ccc6cc(C#N)n(C)c65)c4ccc3c21. The first-order chi connectivity index (χ1) is 14.6. The highest BCUT2D eigenvalue weighted by Crippen LogP contribution is 2.37. The molecule has 0 bridgehead atoms. The third-order valence-electron chi connectivity index (χ3n) is 6.41. The lowest BCUT2D eigenvalue weighted by molar-refractivity contribution is 0.950. The fourth-order valence-corrected chi connectivity index (χ4v) is 4.96.